The highest BCUT2D eigenvalue weighted by Gasteiger charge is 2.29. The molecule has 0 amide bonds. The van der Waals surface area contributed by atoms with Crippen LogP contribution in [0.4, 0.5) is 18.9 Å². The lowest BCUT2D eigenvalue weighted by atomic mass is 10.0. The highest BCUT2D eigenvalue weighted by atomic mass is 19.4. The Labute approximate surface area is 122 Å². The van der Waals surface area contributed by atoms with Gasteiger partial charge in [-0.25, -0.2) is 0 Å². The van der Waals surface area contributed by atoms with E-state index in [1.165, 1.54) is 17.7 Å². The third-order valence-corrected chi connectivity index (χ3v) is 3.16. The number of halogens is 3. The molecule has 0 aliphatic heterocycles. The van der Waals surface area contributed by atoms with Crippen molar-refractivity contribution in [2.24, 2.45) is 4.99 Å². The minimum atomic E-state index is -4.30. The van der Waals surface area contributed by atoms with E-state index < -0.39 is 11.7 Å². The fourth-order valence-electron chi connectivity index (χ4n) is 1.85. The van der Waals surface area contributed by atoms with Crippen LogP contribution in [0.25, 0.3) is 0 Å². The van der Waals surface area contributed by atoms with Gasteiger partial charge in [0.1, 0.15) is 0 Å². The molecule has 0 N–H and O–H groups in total. The minimum absolute atomic E-state index is 0.456. The molecule has 2 aromatic rings. The molecule has 0 fully saturated rings. The van der Waals surface area contributed by atoms with Gasteiger partial charge in [-0.2, -0.15) is 13.2 Å². The van der Waals surface area contributed by atoms with Crippen LogP contribution >= 0.6 is 0 Å². The van der Waals surface area contributed by atoms with Gasteiger partial charge < -0.3 is 0 Å². The summed E-state index contributed by atoms with van der Waals surface area (Å²) in [5.41, 5.74) is 1.99. The van der Waals surface area contributed by atoms with Gasteiger partial charge in [-0.1, -0.05) is 38.1 Å². The lowest BCUT2D eigenvalue weighted by Gasteiger charge is -2.06. The largest absolute Gasteiger partial charge is 0.416 e. The van der Waals surface area contributed by atoms with Crippen LogP contribution in [0, 0.1) is 0 Å². The summed E-state index contributed by atoms with van der Waals surface area (Å²) in [6.07, 6.45) is -2.74. The first-order valence-corrected chi connectivity index (χ1v) is 6.67. The van der Waals surface area contributed by atoms with Crippen LogP contribution in [0.3, 0.4) is 0 Å². The number of alkyl halides is 3. The Morgan fingerprint density at radius 3 is 1.95 bits per heavy atom. The zero-order chi connectivity index (χ0) is 15.5. The summed E-state index contributed by atoms with van der Waals surface area (Å²) < 4.78 is 37.3. The van der Waals surface area contributed by atoms with E-state index in [2.05, 4.69) is 18.8 Å². The Morgan fingerprint density at radius 1 is 0.905 bits per heavy atom. The summed E-state index contributed by atoms with van der Waals surface area (Å²) in [4.78, 5) is 4.26. The van der Waals surface area contributed by atoms with E-state index >= 15 is 0 Å². The van der Waals surface area contributed by atoms with Gasteiger partial charge in [-0.05, 0) is 41.3 Å². The van der Waals surface area contributed by atoms with Gasteiger partial charge >= 0.3 is 6.18 Å². The number of nitrogens with zero attached hydrogens (tertiary/aromatic N) is 1. The first-order chi connectivity index (χ1) is 9.86. The summed E-state index contributed by atoms with van der Waals surface area (Å²) in [5.74, 6) is 0.456. The van der Waals surface area contributed by atoms with Crippen LogP contribution in [0.2, 0.25) is 0 Å². The molecule has 110 valence electrons. The SMILES string of the molecule is CC(C)c1ccc(/N=C/c2ccc(C(F)(F)F)cc2)cc1. The third-order valence-electron chi connectivity index (χ3n) is 3.16. The molecule has 0 saturated heterocycles. The van der Waals surface area contributed by atoms with Crippen LogP contribution in [0.1, 0.15) is 36.5 Å². The van der Waals surface area contributed by atoms with Gasteiger partial charge in [0, 0.05) is 6.21 Å². The quantitative estimate of drug-likeness (QED) is 0.655. The van der Waals surface area contributed by atoms with Gasteiger partial charge in [-0.15, -0.1) is 0 Å². The van der Waals surface area contributed by atoms with E-state index in [1.54, 1.807) is 6.21 Å². The smallest absolute Gasteiger partial charge is 0.256 e. The van der Waals surface area contributed by atoms with E-state index in [9.17, 15) is 13.2 Å². The van der Waals surface area contributed by atoms with Gasteiger partial charge in [-0.3, -0.25) is 4.99 Å². The van der Waals surface area contributed by atoms with Crippen LogP contribution in [0.5, 0.6) is 0 Å². The molecule has 4 heteroatoms. The number of benzene rings is 2. The first kappa shape index (κ1) is 15.3. The normalized spacial score (nSPS) is 12.3. The van der Waals surface area contributed by atoms with Crippen LogP contribution in [-0.2, 0) is 6.18 Å². The second-order valence-electron chi connectivity index (χ2n) is 5.12. The topological polar surface area (TPSA) is 12.4 Å². The van der Waals surface area contributed by atoms with Crippen molar-refractivity contribution >= 4 is 11.9 Å². The standard InChI is InChI=1S/C17H16F3N/c1-12(2)14-5-9-16(10-6-14)21-11-13-3-7-15(8-4-13)17(18,19)20/h3-12H,1-2H3/b21-11+. The average molecular weight is 291 g/mol. The lowest BCUT2D eigenvalue weighted by Crippen LogP contribution is -2.04. The van der Waals surface area contributed by atoms with Gasteiger partial charge in [0.2, 0.25) is 0 Å². The van der Waals surface area contributed by atoms with Crippen LogP contribution in [-0.4, -0.2) is 6.21 Å². The molecule has 0 aromatic heterocycles. The third kappa shape index (κ3) is 4.18. The summed E-state index contributed by atoms with van der Waals surface area (Å²) in [6, 6.07) is 12.7. The second kappa shape index (κ2) is 6.12. The molecule has 0 bridgehead atoms. The molecule has 0 aliphatic carbocycles. The molecule has 2 aromatic carbocycles. The number of hydrogen-bond donors (Lipinski definition) is 0. The van der Waals surface area contributed by atoms with Crippen molar-refractivity contribution in [3.05, 3.63) is 65.2 Å². The maximum absolute atomic E-state index is 12.4. The fourth-order valence-corrected chi connectivity index (χ4v) is 1.85. The molecule has 0 saturated carbocycles. The number of aliphatic imine (C=N–C) groups is 1. The van der Waals surface area contributed by atoms with Gasteiger partial charge in [0.05, 0.1) is 11.3 Å². The van der Waals surface area contributed by atoms with Crippen molar-refractivity contribution < 1.29 is 13.2 Å². The van der Waals surface area contributed by atoms with E-state index in [-0.39, 0.29) is 0 Å². The summed E-state index contributed by atoms with van der Waals surface area (Å²) in [5, 5.41) is 0. The molecule has 0 radical (unpaired) electrons. The molecule has 0 atom stereocenters. The molecular weight excluding hydrogens is 275 g/mol. The molecule has 21 heavy (non-hydrogen) atoms. The maximum atomic E-state index is 12.4. The Bertz CT molecular complexity index is 608. The van der Waals surface area contributed by atoms with E-state index in [0.717, 1.165) is 17.8 Å². The van der Waals surface area contributed by atoms with Crippen LogP contribution < -0.4 is 0 Å². The Morgan fingerprint density at radius 2 is 1.48 bits per heavy atom. The van der Waals surface area contributed by atoms with Crippen molar-refractivity contribution in [2.75, 3.05) is 0 Å². The van der Waals surface area contributed by atoms with Crippen molar-refractivity contribution in [3.63, 3.8) is 0 Å². The number of rotatable bonds is 3. The summed E-state index contributed by atoms with van der Waals surface area (Å²) in [7, 11) is 0. The number of hydrogen-bond acceptors (Lipinski definition) is 1. The summed E-state index contributed by atoms with van der Waals surface area (Å²) in [6.45, 7) is 4.22. The molecule has 1 nitrogen and oxygen atoms in total. The molecule has 2 rings (SSSR count). The second-order valence-corrected chi connectivity index (χ2v) is 5.12. The molecule has 0 spiro atoms. The van der Waals surface area contributed by atoms with Crippen molar-refractivity contribution in [1.82, 2.24) is 0 Å². The Kier molecular flexibility index (Phi) is 4.46. The average Bonchev–Trinajstić information content (AvgIpc) is 2.45. The fraction of sp³-hybridized carbons (Fsp3) is 0.235. The van der Waals surface area contributed by atoms with Gasteiger partial charge in [0.25, 0.3) is 0 Å². The van der Waals surface area contributed by atoms with Crippen molar-refractivity contribution in [3.8, 4) is 0 Å². The predicted molar refractivity (Wildman–Crippen MR) is 79.2 cm³/mol. The summed E-state index contributed by atoms with van der Waals surface area (Å²) >= 11 is 0. The predicted octanol–water partition coefficient (Wildman–Crippen LogP) is 5.58. The van der Waals surface area contributed by atoms with Gasteiger partial charge in [0.15, 0.2) is 0 Å². The minimum Gasteiger partial charge on any atom is -0.256 e. The molecule has 0 aliphatic rings. The van der Waals surface area contributed by atoms with E-state index in [4.69, 9.17) is 0 Å². The highest BCUT2D eigenvalue weighted by Crippen LogP contribution is 2.29. The lowest BCUT2D eigenvalue weighted by molar-refractivity contribution is -0.137. The maximum Gasteiger partial charge on any atom is 0.416 e. The highest BCUT2D eigenvalue weighted by molar-refractivity contribution is 5.81. The van der Waals surface area contributed by atoms with Crippen molar-refractivity contribution in [2.45, 2.75) is 25.9 Å². The van der Waals surface area contributed by atoms with E-state index in [0.29, 0.717) is 11.5 Å². The van der Waals surface area contributed by atoms with E-state index in [1.807, 2.05) is 24.3 Å². The zero-order valence-electron chi connectivity index (χ0n) is 11.9. The Balaban J connectivity index is 2.10. The zero-order valence-corrected chi connectivity index (χ0v) is 11.9. The molecule has 0 heterocycles. The molecule has 0 unspecified atom stereocenters. The first-order valence-electron chi connectivity index (χ1n) is 6.67. The molecular formula is C17H16F3N. The van der Waals surface area contributed by atoms with Crippen molar-refractivity contribution in [1.29, 1.82) is 0 Å². The monoisotopic (exact) mass is 291 g/mol. The van der Waals surface area contributed by atoms with Crippen LogP contribution in [0.15, 0.2) is 53.5 Å². The Hall–Kier alpha value is -2.10.